The van der Waals surface area contributed by atoms with Gasteiger partial charge in [0, 0.05) is 12.2 Å². The van der Waals surface area contributed by atoms with Gasteiger partial charge >= 0.3 is 5.97 Å². The Labute approximate surface area is 173 Å². The molecule has 6 heteroatoms. The largest absolute Gasteiger partial charge is 0.482 e. The van der Waals surface area contributed by atoms with Gasteiger partial charge in [0.25, 0.3) is 0 Å². The van der Waals surface area contributed by atoms with Crippen LogP contribution in [-0.4, -0.2) is 28.3 Å². The number of hydrogen-bond donors (Lipinski definition) is 2. The fraction of sp³-hybridized carbons (Fsp3) is 0.167. The molecule has 3 aromatic rings. The number of carboxylic acids is 1. The number of anilines is 1. The van der Waals surface area contributed by atoms with E-state index in [2.05, 4.69) is 10.3 Å². The first-order chi connectivity index (χ1) is 14.5. The smallest absolute Gasteiger partial charge is 0.335 e. The molecule has 152 valence electrons. The van der Waals surface area contributed by atoms with Crippen molar-refractivity contribution < 1.29 is 19.0 Å². The Morgan fingerprint density at radius 3 is 2.63 bits per heavy atom. The highest BCUT2D eigenvalue weighted by Gasteiger charge is 2.21. The molecule has 2 N–H and O–H groups in total. The maximum Gasteiger partial charge on any atom is 0.335 e. The molecule has 3 atom stereocenters. The number of allylic oxidation sites excluding steroid dienone is 2. The molecule has 4 rings (SSSR count). The summed E-state index contributed by atoms with van der Waals surface area (Å²) in [6.07, 6.45) is 6.39. The van der Waals surface area contributed by atoms with E-state index >= 15 is 0 Å². The van der Waals surface area contributed by atoms with Gasteiger partial charge in [-0.05, 0) is 54.3 Å². The molecule has 2 unspecified atom stereocenters. The van der Waals surface area contributed by atoms with Crippen LogP contribution in [0.4, 0.5) is 10.2 Å². The molecule has 0 radical (unpaired) electrons. The van der Waals surface area contributed by atoms with Crippen molar-refractivity contribution in [1.82, 2.24) is 4.98 Å². The third-order valence-electron chi connectivity index (χ3n) is 5.05. The molecule has 1 aromatic heterocycles. The van der Waals surface area contributed by atoms with Gasteiger partial charge in [-0.3, -0.25) is 0 Å². The summed E-state index contributed by atoms with van der Waals surface area (Å²) in [5.41, 5.74) is 1.15. The normalized spacial score (nSPS) is 18.9. The van der Waals surface area contributed by atoms with Crippen LogP contribution >= 0.6 is 0 Å². The van der Waals surface area contributed by atoms with Crippen molar-refractivity contribution in [3.05, 3.63) is 90.2 Å². The first-order valence-corrected chi connectivity index (χ1v) is 9.66. The fourth-order valence-electron chi connectivity index (χ4n) is 3.42. The van der Waals surface area contributed by atoms with Gasteiger partial charge in [0.2, 0.25) is 0 Å². The second-order valence-electron chi connectivity index (χ2n) is 7.10. The van der Waals surface area contributed by atoms with Crippen molar-refractivity contribution in [2.24, 2.45) is 0 Å². The van der Waals surface area contributed by atoms with Crippen molar-refractivity contribution in [1.29, 1.82) is 0 Å². The quantitative estimate of drug-likeness (QED) is 0.582. The summed E-state index contributed by atoms with van der Waals surface area (Å²) in [6, 6.07) is 14.1. The van der Waals surface area contributed by atoms with E-state index < -0.39 is 18.2 Å². The van der Waals surface area contributed by atoms with Crippen LogP contribution in [-0.2, 0) is 0 Å². The number of benzene rings is 2. The number of nitrogens with one attached hydrogen (secondary N) is 1. The minimum absolute atomic E-state index is 0.134. The summed E-state index contributed by atoms with van der Waals surface area (Å²) in [5, 5.41) is 14.1. The first kappa shape index (κ1) is 19.6. The number of carbonyl (C=O) groups is 1. The predicted molar refractivity (Wildman–Crippen MR) is 115 cm³/mol. The van der Waals surface area contributed by atoms with E-state index in [-0.39, 0.29) is 11.6 Å². The highest BCUT2D eigenvalue weighted by atomic mass is 19.1. The van der Waals surface area contributed by atoms with Gasteiger partial charge in [0.1, 0.15) is 11.6 Å². The Balaban J connectivity index is 1.64. The molecule has 0 saturated heterocycles. The van der Waals surface area contributed by atoms with Crippen LogP contribution in [0.1, 0.15) is 28.9 Å². The van der Waals surface area contributed by atoms with Crippen LogP contribution in [0.2, 0.25) is 0 Å². The molecule has 0 bridgehead atoms. The zero-order valence-electron chi connectivity index (χ0n) is 16.3. The lowest BCUT2D eigenvalue weighted by molar-refractivity contribution is 0.0697. The minimum Gasteiger partial charge on any atom is -0.482 e. The van der Waals surface area contributed by atoms with Crippen LogP contribution in [0.25, 0.3) is 10.8 Å². The number of pyridine rings is 1. The van der Waals surface area contributed by atoms with Crippen molar-refractivity contribution >= 4 is 22.6 Å². The molecule has 0 spiro atoms. The Morgan fingerprint density at radius 2 is 1.90 bits per heavy atom. The van der Waals surface area contributed by atoms with Crippen LogP contribution in [0.15, 0.2) is 79.0 Å². The number of carboxylic acid groups (broad SMARTS) is 1. The number of alkyl halides is 1. The summed E-state index contributed by atoms with van der Waals surface area (Å²) >= 11 is 0. The lowest BCUT2D eigenvalue weighted by Gasteiger charge is -2.22. The van der Waals surface area contributed by atoms with Crippen molar-refractivity contribution in [3.63, 3.8) is 0 Å². The number of fused-ring (bicyclic) bond motifs is 1. The number of hydrogen-bond acceptors (Lipinski definition) is 4. The standard InChI is InChI=1S/C24H21FN2O3/c1-15(16-9-11-18(12-10-16)24(28)29)27-23-22-17(13-14-26-23)5-4-8-21(22)30-20-7-3-2-6-19(20)25/h2-15,19-20H,1H3,(H,26,27)(H,28,29)/t15-,19?,20?/m0/s1. The SMILES string of the molecule is C[C@H](Nc1nccc2cccc(OC3C=CC=CC3F)c12)c1ccc(C(=O)O)cc1. The molecule has 2 aromatic carbocycles. The highest BCUT2D eigenvalue weighted by Crippen LogP contribution is 2.34. The number of halogens is 1. The van der Waals surface area contributed by atoms with Crippen molar-refractivity contribution in [2.45, 2.75) is 25.2 Å². The highest BCUT2D eigenvalue weighted by molar-refractivity contribution is 5.97. The van der Waals surface area contributed by atoms with Gasteiger partial charge in [0.05, 0.1) is 10.9 Å². The molecular formula is C24H21FN2O3. The van der Waals surface area contributed by atoms with E-state index in [4.69, 9.17) is 9.84 Å². The van der Waals surface area contributed by atoms with Gasteiger partial charge in [-0.1, -0.05) is 36.4 Å². The maximum absolute atomic E-state index is 14.2. The molecule has 1 aliphatic rings. The monoisotopic (exact) mass is 404 g/mol. The minimum atomic E-state index is -1.22. The lowest BCUT2D eigenvalue weighted by atomic mass is 10.1. The summed E-state index contributed by atoms with van der Waals surface area (Å²) in [5.74, 6) is 0.199. The lowest BCUT2D eigenvalue weighted by Crippen LogP contribution is -2.26. The van der Waals surface area contributed by atoms with Gasteiger partial charge in [-0.2, -0.15) is 0 Å². The average molecular weight is 404 g/mol. The molecule has 0 amide bonds. The number of rotatable bonds is 6. The van der Waals surface area contributed by atoms with Crippen LogP contribution < -0.4 is 10.1 Å². The zero-order valence-corrected chi connectivity index (χ0v) is 16.3. The second kappa shape index (κ2) is 8.37. The average Bonchev–Trinajstić information content (AvgIpc) is 2.75. The van der Waals surface area contributed by atoms with Crippen LogP contribution in [0, 0.1) is 0 Å². The maximum atomic E-state index is 14.2. The van der Waals surface area contributed by atoms with Crippen LogP contribution in [0.3, 0.4) is 0 Å². The fourth-order valence-corrected chi connectivity index (χ4v) is 3.42. The predicted octanol–water partition coefficient (Wildman–Crippen LogP) is 5.32. The van der Waals surface area contributed by atoms with E-state index in [1.807, 2.05) is 25.1 Å². The van der Waals surface area contributed by atoms with E-state index in [0.717, 1.165) is 16.3 Å². The molecule has 1 heterocycles. The third-order valence-corrected chi connectivity index (χ3v) is 5.05. The number of aromatic carboxylic acids is 1. The Bertz CT molecular complexity index is 1120. The van der Waals surface area contributed by atoms with Gasteiger partial charge in [-0.15, -0.1) is 0 Å². The molecule has 1 aliphatic carbocycles. The van der Waals surface area contributed by atoms with E-state index in [1.165, 1.54) is 6.08 Å². The van der Waals surface area contributed by atoms with Gasteiger partial charge in [0.15, 0.2) is 12.3 Å². The number of nitrogens with zero attached hydrogens (tertiary/aromatic N) is 1. The zero-order chi connectivity index (χ0) is 21.1. The summed E-state index contributed by atoms with van der Waals surface area (Å²) in [6.45, 7) is 1.96. The third kappa shape index (κ3) is 4.03. The van der Waals surface area contributed by atoms with E-state index in [9.17, 15) is 9.18 Å². The molecule has 0 fully saturated rings. The van der Waals surface area contributed by atoms with Crippen LogP contribution in [0.5, 0.6) is 5.75 Å². The Morgan fingerprint density at radius 1 is 1.13 bits per heavy atom. The van der Waals surface area contributed by atoms with Crippen molar-refractivity contribution in [2.75, 3.05) is 5.32 Å². The van der Waals surface area contributed by atoms with Gasteiger partial charge < -0.3 is 15.2 Å². The molecule has 30 heavy (non-hydrogen) atoms. The first-order valence-electron chi connectivity index (χ1n) is 9.66. The summed E-state index contributed by atoms with van der Waals surface area (Å²) in [7, 11) is 0. The summed E-state index contributed by atoms with van der Waals surface area (Å²) < 4.78 is 20.2. The number of ether oxygens (including phenoxy) is 1. The van der Waals surface area contributed by atoms with Crippen molar-refractivity contribution in [3.8, 4) is 5.75 Å². The second-order valence-corrected chi connectivity index (χ2v) is 7.10. The molecule has 5 nitrogen and oxygen atoms in total. The Kier molecular flexibility index (Phi) is 5.48. The van der Waals surface area contributed by atoms with Gasteiger partial charge in [-0.25, -0.2) is 14.2 Å². The Hall–Kier alpha value is -3.67. The topological polar surface area (TPSA) is 71.5 Å². The molecular weight excluding hydrogens is 383 g/mol. The number of aromatic nitrogens is 1. The molecule has 0 saturated carbocycles. The van der Waals surface area contributed by atoms with E-state index in [1.54, 1.807) is 54.8 Å². The van der Waals surface area contributed by atoms with E-state index in [0.29, 0.717) is 11.6 Å². The summed E-state index contributed by atoms with van der Waals surface area (Å²) in [4.78, 5) is 15.5. The molecule has 0 aliphatic heterocycles.